The SMILES string of the molecule is COc1ccc(C=NNC(=O)c2ccccc2Cl)cc1O. The molecule has 21 heavy (non-hydrogen) atoms. The van der Waals surface area contributed by atoms with Gasteiger partial charge >= 0.3 is 0 Å². The monoisotopic (exact) mass is 304 g/mol. The number of phenols is 1. The number of methoxy groups -OCH3 is 1. The summed E-state index contributed by atoms with van der Waals surface area (Å²) in [5.41, 5.74) is 3.33. The summed E-state index contributed by atoms with van der Waals surface area (Å²) in [6.07, 6.45) is 1.41. The van der Waals surface area contributed by atoms with E-state index in [2.05, 4.69) is 10.5 Å². The van der Waals surface area contributed by atoms with E-state index in [-0.39, 0.29) is 5.75 Å². The van der Waals surface area contributed by atoms with E-state index in [9.17, 15) is 9.90 Å². The Labute approximate surface area is 126 Å². The maximum absolute atomic E-state index is 11.8. The van der Waals surface area contributed by atoms with Gasteiger partial charge in [0.1, 0.15) is 0 Å². The first-order chi connectivity index (χ1) is 10.1. The van der Waals surface area contributed by atoms with Gasteiger partial charge in [-0.05, 0) is 35.9 Å². The molecule has 108 valence electrons. The van der Waals surface area contributed by atoms with E-state index >= 15 is 0 Å². The summed E-state index contributed by atoms with van der Waals surface area (Å²) >= 11 is 5.91. The molecule has 2 N–H and O–H groups in total. The van der Waals surface area contributed by atoms with E-state index in [1.807, 2.05) is 0 Å². The number of hydrazone groups is 1. The lowest BCUT2D eigenvalue weighted by Gasteiger charge is -2.03. The standard InChI is InChI=1S/C15H13ClN2O3/c1-21-14-7-6-10(8-13(14)19)9-17-18-15(20)11-4-2-3-5-12(11)16/h2-9,19H,1H3,(H,18,20). The number of halogens is 1. The van der Waals surface area contributed by atoms with Crippen LogP contribution in [-0.2, 0) is 0 Å². The Bertz CT molecular complexity index is 686. The van der Waals surface area contributed by atoms with Crippen LogP contribution in [0.3, 0.4) is 0 Å². The molecule has 1 amide bonds. The zero-order valence-electron chi connectivity index (χ0n) is 11.2. The number of carbonyl (C=O) groups excluding carboxylic acids is 1. The van der Waals surface area contributed by atoms with Crippen LogP contribution in [0, 0.1) is 0 Å². The van der Waals surface area contributed by atoms with E-state index in [1.165, 1.54) is 19.4 Å². The van der Waals surface area contributed by atoms with Crippen LogP contribution in [-0.4, -0.2) is 24.3 Å². The molecule has 0 aliphatic rings. The summed E-state index contributed by atoms with van der Waals surface area (Å²) in [7, 11) is 1.46. The molecule has 6 heteroatoms. The van der Waals surface area contributed by atoms with Crippen molar-refractivity contribution >= 4 is 23.7 Å². The van der Waals surface area contributed by atoms with Gasteiger partial charge in [-0.3, -0.25) is 4.79 Å². The number of benzene rings is 2. The van der Waals surface area contributed by atoms with Crippen LogP contribution < -0.4 is 10.2 Å². The highest BCUT2D eigenvalue weighted by molar-refractivity contribution is 6.33. The van der Waals surface area contributed by atoms with Crippen LogP contribution in [0.25, 0.3) is 0 Å². The van der Waals surface area contributed by atoms with Crippen molar-refractivity contribution in [2.75, 3.05) is 7.11 Å². The second-order valence-corrected chi connectivity index (χ2v) is 4.52. The maximum Gasteiger partial charge on any atom is 0.272 e. The lowest BCUT2D eigenvalue weighted by atomic mass is 10.2. The summed E-state index contributed by atoms with van der Waals surface area (Å²) in [5.74, 6) is -0.0410. The minimum Gasteiger partial charge on any atom is -0.504 e. The second kappa shape index (κ2) is 6.76. The summed E-state index contributed by atoms with van der Waals surface area (Å²) in [5, 5.41) is 13.8. The van der Waals surface area contributed by atoms with E-state index in [4.69, 9.17) is 16.3 Å². The molecule has 2 aromatic rings. The molecule has 0 aliphatic heterocycles. The molecule has 5 nitrogen and oxygen atoms in total. The summed E-state index contributed by atoms with van der Waals surface area (Å²) in [6.45, 7) is 0. The lowest BCUT2D eigenvalue weighted by molar-refractivity contribution is 0.0955. The zero-order valence-corrected chi connectivity index (χ0v) is 12.0. The topological polar surface area (TPSA) is 70.9 Å². The normalized spacial score (nSPS) is 10.6. The zero-order chi connectivity index (χ0) is 15.2. The Kier molecular flexibility index (Phi) is 4.79. The molecule has 0 fully saturated rings. The molecule has 0 atom stereocenters. The number of aromatic hydroxyl groups is 1. The fourth-order valence-electron chi connectivity index (χ4n) is 1.66. The molecule has 0 radical (unpaired) electrons. The number of hydrogen-bond donors (Lipinski definition) is 2. The third-order valence-electron chi connectivity index (χ3n) is 2.70. The molecule has 2 rings (SSSR count). The van der Waals surface area contributed by atoms with Gasteiger partial charge in [0.15, 0.2) is 11.5 Å². The highest BCUT2D eigenvalue weighted by Gasteiger charge is 2.07. The molecule has 0 saturated carbocycles. The quantitative estimate of drug-likeness (QED) is 0.674. The van der Waals surface area contributed by atoms with Crippen LogP contribution in [0.1, 0.15) is 15.9 Å². The van der Waals surface area contributed by atoms with Gasteiger partial charge in [-0.15, -0.1) is 0 Å². The number of ether oxygens (including phenoxy) is 1. The number of nitrogens with zero attached hydrogens (tertiary/aromatic N) is 1. The van der Waals surface area contributed by atoms with E-state index in [0.717, 1.165) is 0 Å². The average molecular weight is 305 g/mol. The van der Waals surface area contributed by atoms with Crippen molar-refractivity contribution in [2.24, 2.45) is 5.10 Å². The number of carbonyl (C=O) groups is 1. The van der Waals surface area contributed by atoms with E-state index in [0.29, 0.717) is 21.9 Å². The largest absolute Gasteiger partial charge is 0.504 e. The average Bonchev–Trinajstić information content (AvgIpc) is 2.48. The fraction of sp³-hybridized carbons (Fsp3) is 0.0667. The number of hydrogen-bond acceptors (Lipinski definition) is 4. The summed E-state index contributed by atoms with van der Waals surface area (Å²) in [6, 6.07) is 11.5. The molecule has 0 aromatic heterocycles. The first kappa shape index (κ1) is 14.9. The third kappa shape index (κ3) is 3.73. The second-order valence-electron chi connectivity index (χ2n) is 4.11. The molecule has 0 spiro atoms. The molecule has 0 aliphatic carbocycles. The Morgan fingerprint density at radius 3 is 2.76 bits per heavy atom. The van der Waals surface area contributed by atoms with Crippen LogP contribution in [0.2, 0.25) is 5.02 Å². The van der Waals surface area contributed by atoms with Crippen LogP contribution >= 0.6 is 11.6 Å². The highest BCUT2D eigenvalue weighted by Crippen LogP contribution is 2.25. The van der Waals surface area contributed by atoms with Gasteiger partial charge in [0, 0.05) is 0 Å². The number of rotatable bonds is 4. The van der Waals surface area contributed by atoms with Crippen molar-refractivity contribution < 1.29 is 14.6 Å². The van der Waals surface area contributed by atoms with Crippen molar-refractivity contribution in [1.29, 1.82) is 0 Å². The predicted molar refractivity (Wildman–Crippen MR) is 81.2 cm³/mol. The van der Waals surface area contributed by atoms with E-state index in [1.54, 1.807) is 36.4 Å². The molecule has 0 saturated heterocycles. The molecule has 0 unspecified atom stereocenters. The van der Waals surface area contributed by atoms with Crippen molar-refractivity contribution in [2.45, 2.75) is 0 Å². The van der Waals surface area contributed by atoms with Gasteiger partial charge in [0.05, 0.1) is 23.9 Å². The van der Waals surface area contributed by atoms with E-state index < -0.39 is 5.91 Å². The van der Waals surface area contributed by atoms with Crippen LogP contribution in [0.4, 0.5) is 0 Å². The van der Waals surface area contributed by atoms with Gasteiger partial charge in [-0.25, -0.2) is 5.43 Å². The summed E-state index contributed by atoms with van der Waals surface area (Å²) < 4.78 is 4.93. The van der Waals surface area contributed by atoms with Gasteiger partial charge < -0.3 is 9.84 Å². The fourth-order valence-corrected chi connectivity index (χ4v) is 1.88. The third-order valence-corrected chi connectivity index (χ3v) is 3.03. The summed E-state index contributed by atoms with van der Waals surface area (Å²) in [4.78, 5) is 11.8. The van der Waals surface area contributed by atoms with Crippen molar-refractivity contribution in [1.82, 2.24) is 5.43 Å². The first-order valence-corrected chi connectivity index (χ1v) is 6.44. The number of nitrogens with one attached hydrogen (secondary N) is 1. The smallest absolute Gasteiger partial charge is 0.272 e. The lowest BCUT2D eigenvalue weighted by Crippen LogP contribution is -2.17. The van der Waals surface area contributed by atoms with Gasteiger partial charge in [-0.2, -0.15) is 5.10 Å². The predicted octanol–water partition coefficient (Wildman–Crippen LogP) is 2.82. The Balaban J connectivity index is 2.04. The Morgan fingerprint density at radius 1 is 1.33 bits per heavy atom. The number of amides is 1. The van der Waals surface area contributed by atoms with Crippen LogP contribution in [0.5, 0.6) is 11.5 Å². The van der Waals surface area contributed by atoms with Gasteiger partial charge in [0.25, 0.3) is 5.91 Å². The Morgan fingerprint density at radius 2 is 2.10 bits per heavy atom. The highest BCUT2D eigenvalue weighted by atomic mass is 35.5. The maximum atomic E-state index is 11.8. The van der Waals surface area contributed by atoms with Crippen molar-refractivity contribution in [3.8, 4) is 11.5 Å². The first-order valence-electron chi connectivity index (χ1n) is 6.06. The Hall–Kier alpha value is -2.53. The molecule has 2 aromatic carbocycles. The molecular weight excluding hydrogens is 292 g/mol. The van der Waals surface area contributed by atoms with Crippen molar-refractivity contribution in [3.63, 3.8) is 0 Å². The van der Waals surface area contributed by atoms with Crippen molar-refractivity contribution in [3.05, 3.63) is 58.6 Å². The molecule has 0 bridgehead atoms. The van der Waals surface area contributed by atoms with Gasteiger partial charge in [0.2, 0.25) is 0 Å². The minimum absolute atomic E-state index is 0.00104. The molecular formula is C15H13ClN2O3. The van der Waals surface area contributed by atoms with Crippen LogP contribution in [0.15, 0.2) is 47.6 Å². The minimum atomic E-state index is -0.408. The molecule has 0 heterocycles. The number of phenolic OH excluding ortho intramolecular Hbond substituents is 1. The van der Waals surface area contributed by atoms with Gasteiger partial charge in [-0.1, -0.05) is 23.7 Å².